The second-order valence-corrected chi connectivity index (χ2v) is 3.34. The third-order valence-corrected chi connectivity index (χ3v) is 2.29. The average Bonchev–Trinajstić information content (AvgIpc) is 2.82. The Morgan fingerprint density at radius 3 is 2.94 bits per heavy atom. The maximum absolute atomic E-state index is 10.9. The molecule has 88 valence electrons. The third kappa shape index (κ3) is 1.45. The summed E-state index contributed by atoms with van der Waals surface area (Å²) in [7, 11) is 0. The largest absolute Gasteiger partial charge is 0.313 e. The second-order valence-electron chi connectivity index (χ2n) is 3.34. The number of rotatable bonds is 2. The lowest BCUT2D eigenvalue weighted by Crippen LogP contribution is -2.05. The van der Waals surface area contributed by atoms with E-state index in [0.29, 0.717) is 11.2 Å². The zero-order valence-electron chi connectivity index (χ0n) is 8.83. The zero-order valence-corrected chi connectivity index (χ0v) is 8.83. The van der Waals surface area contributed by atoms with Gasteiger partial charge in [0.1, 0.15) is 5.52 Å². The van der Waals surface area contributed by atoms with Crippen molar-refractivity contribution in [1.29, 1.82) is 0 Å². The number of fused-ring (bicyclic) bond motifs is 1. The van der Waals surface area contributed by atoms with Crippen molar-refractivity contribution in [2.24, 2.45) is 0 Å². The molecule has 0 amide bonds. The number of hydrogen-bond donors (Lipinski definition) is 0. The van der Waals surface area contributed by atoms with Crippen LogP contribution >= 0.6 is 0 Å². The Kier molecular flexibility index (Phi) is 2.15. The van der Waals surface area contributed by atoms with Gasteiger partial charge in [0.2, 0.25) is 11.5 Å². The molecule has 9 nitrogen and oxygen atoms in total. The summed E-state index contributed by atoms with van der Waals surface area (Å²) in [6, 6.07) is 4.43. The molecule has 0 bridgehead atoms. The molecule has 3 heterocycles. The summed E-state index contributed by atoms with van der Waals surface area (Å²) >= 11 is 0. The topological polar surface area (TPSA) is 113 Å². The molecule has 9 heteroatoms. The van der Waals surface area contributed by atoms with Crippen molar-refractivity contribution in [1.82, 2.24) is 30.2 Å². The van der Waals surface area contributed by atoms with Gasteiger partial charge in [0.25, 0.3) is 0 Å². The van der Waals surface area contributed by atoms with E-state index in [1.165, 1.54) is 29.2 Å². The standard InChI is InChI=1S/C9H5N7O2/c17-16(18)7-2-1-4-10-9(7)15-8-6(12-14-15)3-5-11-13-8/h1-5H. The first-order chi connectivity index (χ1) is 8.77. The van der Waals surface area contributed by atoms with Crippen LogP contribution in [0.5, 0.6) is 0 Å². The van der Waals surface area contributed by atoms with E-state index in [2.05, 4.69) is 25.5 Å². The molecule has 0 spiro atoms. The summed E-state index contributed by atoms with van der Waals surface area (Å²) in [6.07, 6.45) is 2.90. The van der Waals surface area contributed by atoms with Crippen LogP contribution in [0.15, 0.2) is 30.6 Å². The normalized spacial score (nSPS) is 10.7. The van der Waals surface area contributed by atoms with Crippen molar-refractivity contribution in [3.8, 4) is 5.82 Å². The van der Waals surface area contributed by atoms with Crippen molar-refractivity contribution in [2.45, 2.75) is 0 Å². The average molecular weight is 243 g/mol. The smallest absolute Gasteiger partial charge is 0.258 e. The van der Waals surface area contributed by atoms with Crippen LogP contribution in [0.1, 0.15) is 0 Å². The van der Waals surface area contributed by atoms with Crippen molar-refractivity contribution in [2.75, 3.05) is 0 Å². The number of hydrogen-bond acceptors (Lipinski definition) is 7. The van der Waals surface area contributed by atoms with Gasteiger partial charge in [-0.05, 0) is 12.1 Å². The van der Waals surface area contributed by atoms with Gasteiger partial charge in [-0.1, -0.05) is 5.21 Å². The maximum atomic E-state index is 10.9. The summed E-state index contributed by atoms with van der Waals surface area (Å²) in [5, 5.41) is 26.1. The second kappa shape index (κ2) is 3.80. The summed E-state index contributed by atoms with van der Waals surface area (Å²) in [5.74, 6) is 0.0606. The molecule has 0 atom stereocenters. The van der Waals surface area contributed by atoms with Gasteiger partial charge in [0.05, 0.1) is 11.1 Å². The molecule has 0 aliphatic heterocycles. The fraction of sp³-hybridized carbons (Fsp3) is 0. The highest BCUT2D eigenvalue weighted by Gasteiger charge is 2.19. The number of aromatic nitrogens is 6. The van der Waals surface area contributed by atoms with Gasteiger partial charge in [-0.25, -0.2) is 4.98 Å². The lowest BCUT2D eigenvalue weighted by atomic mass is 10.4. The minimum absolute atomic E-state index is 0.0606. The summed E-state index contributed by atoms with van der Waals surface area (Å²) in [4.78, 5) is 14.3. The van der Waals surface area contributed by atoms with Crippen LogP contribution in [0.3, 0.4) is 0 Å². The fourth-order valence-electron chi connectivity index (χ4n) is 1.52. The molecule has 0 aliphatic carbocycles. The van der Waals surface area contributed by atoms with E-state index in [1.807, 2.05) is 0 Å². The molecule has 0 saturated heterocycles. The Bertz CT molecular complexity index is 738. The minimum Gasteiger partial charge on any atom is -0.258 e. The third-order valence-electron chi connectivity index (χ3n) is 2.29. The quantitative estimate of drug-likeness (QED) is 0.476. The van der Waals surface area contributed by atoms with E-state index in [9.17, 15) is 10.1 Å². The van der Waals surface area contributed by atoms with Crippen LogP contribution in [0.4, 0.5) is 5.69 Å². The maximum Gasteiger partial charge on any atom is 0.313 e. The summed E-state index contributed by atoms with van der Waals surface area (Å²) in [5.41, 5.74) is 0.638. The molecule has 0 aromatic carbocycles. The molecule has 0 aliphatic rings. The number of nitrogens with zero attached hydrogens (tertiary/aromatic N) is 7. The van der Waals surface area contributed by atoms with E-state index in [4.69, 9.17) is 0 Å². The Hall–Kier alpha value is -2.97. The predicted octanol–water partition coefficient (Wildman–Crippen LogP) is 0.514. The minimum atomic E-state index is -0.536. The first-order valence-electron chi connectivity index (χ1n) is 4.90. The van der Waals surface area contributed by atoms with Crippen LogP contribution in [0.25, 0.3) is 17.0 Å². The van der Waals surface area contributed by atoms with Gasteiger partial charge in [-0.2, -0.15) is 9.78 Å². The Morgan fingerprint density at radius 2 is 2.11 bits per heavy atom. The van der Waals surface area contributed by atoms with Gasteiger partial charge in [-0.3, -0.25) is 10.1 Å². The van der Waals surface area contributed by atoms with Crippen LogP contribution < -0.4 is 0 Å². The molecule has 18 heavy (non-hydrogen) atoms. The number of nitro groups is 1. The monoisotopic (exact) mass is 243 g/mol. The van der Waals surface area contributed by atoms with Gasteiger partial charge in [0.15, 0.2) is 0 Å². The SMILES string of the molecule is O=[N+]([O-])c1cccnc1-n1nnc2ccnnc21. The van der Waals surface area contributed by atoms with Gasteiger partial charge in [-0.15, -0.1) is 10.2 Å². The van der Waals surface area contributed by atoms with Crippen LogP contribution in [-0.2, 0) is 0 Å². The first kappa shape index (κ1) is 10.2. The lowest BCUT2D eigenvalue weighted by Gasteiger charge is -2.00. The number of pyridine rings is 1. The molecule has 3 aromatic heterocycles. The molecular formula is C9H5N7O2. The lowest BCUT2D eigenvalue weighted by molar-refractivity contribution is -0.384. The highest BCUT2D eigenvalue weighted by molar-refractivity contribution is 5.71. The Labute approximate surface area is 99.2 Å². The van der Waals surface area contributed by atoms with E-state index >= 15 is 0 Å². The molecule has 3 aromatic rings. The Balaban J connectivity index is 2.30. The molecule has 0 fully saturated rings. The molecule has 0 saturated carbocycles. The molecule has 3 rings (SSSR count). The summed E-state index contributed by atoms with van der Waals surface area (Å²) in [6.45, 7) is 0. The fourth-order valence-corrected chi connectivity index (χ4v) is 1.52. The van der Waals surface area contributed by atoms with Crippen LogP contribution in [0.2, 0.25) is 0 Å². The van der Waals surface area contributed by atoms with Crippen molar-refractivity contribution < 1.29 is 4.92 Å². The van der Waals surface area contributed by atoms with E-state index in [0.717, 1.165) is 0 Å². The van der Waals surface area contributed by atoms with Crippen molar-refractivity contribution in [3.63, 3.8) is 0 Å². The highest BCUT2D eigenvalue weighted by atomic mass is 16.6. The molecule has 0 unspecified atom stereocenters. The summed E-state index contributed by atoms with van der Waals surface area (Å²) < 4.78 is 1.19. The van der Waals surface area contributed by atoms with E-state index in [1.54, 1.807) is 6.07 Å². The Morgan fingerprint density at radius 1 is 1.22 bits per heavy atom. The highest BCUT2D eigenvalue weighted by Crippen LogP contribution is 2.20. The van der Waals surface area contributed by atoms with E-state index in [-0.39, 0.29) is 11.5 Å². The molecular weight excluding hydrogens is 238 g/mol. The van der Waals surface area contributed by atoms with Crippen molar-refractivity contribution in [3.05, 3.63) is 40.7 Å². The first-order valence-corrected chi connectivity index (χ1v) is 4.90. The van der Waals surface area contributed by atoms with Crippen LogP contribution in [-0.4, -0.2) is 35.1 Å². The van der Waals surface area contributed by atoms with Gasteiger partial charge in [0, 0.05) is 12.3 Å². The van der Waals surface area contributed by atoms with Gasteiger partial charge < -0.3 is 0 Å². The van der Waals surface area contributed by atoms with Crippen molar-refractivity contribution >= 4 is 16.9 Å². The van der Waals surface area contributed by atoms with Gasteiger partial charge >= 0.3 is 5.69 Å². The van der Waals surface area contributed by atoms with Crippen LogP contribution in [0, 0.1) is 10.1 Å². The molecule has 0 radical (unpaired) electrons. The zero-order chi connectivity index (χ0) is 12.5. The molecule has 0 N–H and O–H groups in total. The van der Waals surface area contributed by atoms with E-state index < -0.39 is 4.92 Å². The predicted molar refractivity (Wildman–Crippen MR) is 58.9 cm³/mol.